The monoisotopic (exact) mass is 574 g/mol. The molecule has 1 aliphatic rings. The van der Waals surface area contributed by atoms with Crippen molar-refractivity contribution in [1.29, 1.82) is 0 Å². The molecule has 1 aliphatic heterocycles. The van der Waals surface area contributed by atoms with E-state index in [4.69, 9.17) is 27.9 Å². The number of hydrogen-bond donors (Lipinski definition) is 0. The first-order valence-electron chi connectivity index (χ1n) is 11.7. The van der Waals surface area contributed by atoms with Crippen molar-refractivity contribution in [2.24, 2.45) is 0 Å². The summed E-state index contributed by atoms with van der Waals surface area (Å²) in [7, 11) is 0. The number of anilines is 1. The highest BCUT2D eigenvalue weighted by atomic mass is 35.5. The molecule has 0 aliphatic carbocycles. The molecule has 4 aromatic carbocycles. The molecule has 0 bridgehead atoms. The third kappa shape index (κ3) is 4.95. The fourth-order valence-corrected chi connectivity index (χ4v) is 4.49. The van der Waals surface area contributed by atoms with Crippen LogP contribution in [-0.2, 0) is 4.74 Å². The number of nitro benzene ring substituents is 1. The number of esters is 1. The van der Waals surface area contributed by atoms with Crippen molar-refractivity contribution in [2.45, 2.75) is 6.10 Å². The number of carbonyl (C=O) groups is 4. The van der Waals surface area contributed by atoms with Gasteiger partial charge in [-0.1, -0.05) is 53.5 Å². The van der Waals surface area contributed by atoms with Crippen molar-refractivity contribution in [1.82, 2.24) is 0 Å². The lowest BCUT2D eigenvalue weighted by molar-refractivity contribution is -0.384. The van der Waals surface area contributed by atoms with Gasteiger partial charge in [-0.2, -0.15) is 0 Å². The van der Waals surface area contributed by atoms with Crippen molar-refractivity contribution >= 4 is 58.1 Å². The van der Waals surface area contributed by atoms with E-state index in [9.17, 15) is 29.3 Å². The number of amides is 2. The molecule has 0 saturated heterocycles. The number of nitrogens with zero attached hydrogens (tertiary/aromatic N) is 2. The lowest BCUT2D eigenvalue weighted by Crippen LogP contribution is -2.29. The number of rotatable bonds is 7. The maximum absolute atomic E-state index is 13.3. The van der Waals surface area contributed by atoms with Crippen LogP contribution in [-0.4, -0.2) is 28.5 Å². The second kappa shape index (κ2) is 10.7. The van der Waals surface area contributed by atoms with Crippen molar-refractivity contribution in [3.63, 3.8) is 0 Å². The van der Waals surface area contributed by atoms with Crippen LogP contribution in [0, 0.1) is 10.1 Å². The van der Waals surface area contributed by atoms with Gasteiger partial charge >= 0.3 is 5.97 Å². The number of fused-ring (bicyclic) bond motifs is 1. The summed E-state index contributed by atoms with van der Waals surface area (Å²) in [5.41, 5.74) is 0.428. The molecule has 0 saturated carbocycles. The van der Waals surface area contributed by atoms with Crippen molar-refractivity contribution < 1.29 is 28.8 Å². The van der Waals surface area contributed by atoms with Gasteiger partial charge < -0.3 is 4.74 Å². The van der Waals surface area contributed by atoms with E-state index < -0.39 is 34.6 Å². The van der Waals surface area contributed by atoms with Crippen LogP contribution in [0.4, 0.5) is 11.4 Å². The number of nitro groups is 1. The summed E-state index contributed by atoms with van der Waals surface area (Å²) in [5.74, 6) is -2.79. The average Bonchev–Trinajstić information content (AvgIpc) is 3.22. The predicted octanol–water partition coefficient (Wildman–Crippen LogP) is 6.48. The van der Waals surface area contributed by atoms with Crippen LogP contribution in [0.15, 0.2) is 91.0 Å². The molecular weight excluding hydrogens is 559 g/mol. The number of hydrogen-bond acceptors (Lipinski definition) is 7. The third-order valence-electron chi connectivity index (χ3n) is 6.21. The minimum Gasteiger partial charge on any atom is -0.445 e. The molecule has 0 spiro atoms. The van der Waals surface area contributed by atoms with Crippen LogP contribution in [0.5, 0.6) is 0 Å². The number of non-ortho nitro benzene ring substituents is 1. The molecule has 2 amide bonds. The Morgan fingerprint density at radius 3 is 2.10 bits per heavy atom. The van der Waals surface area contributed by atoms with Crippen LogP contribution < -0.4 is 4.90 Å². The first-order valence-corrected chi connectivity index (χ1v) is 12.4. The Balaban J connectivity index is 1.46. The van der Waals surface area contributed by atoms with Crippen LogP contribution in [0.25, 0.3) is 0 Å². The normalized spacial score (nSPS) is 13.1. The van der Waals surface area contributed by atoms with Gasteiger partial charge in [-0.15, -0.1) is 0 Å². The van der Waals surface area contributed by atoms with Gasteiger partial charge in [0.25, 0.3) is 17.5 Å². The summed E-state index contributed by atoms with van der Waals surface area (Å²) < 4.78 is 5.60. The number of carbonyl (C=O) groups excluding carboxylic acids is 4. The van der Waals surface area contributed by atoms with E-state index in [1.807, 2.05) is 0 Å². The Bertz CT molecular complexity index is 1710. The Labute approximate surface area is 236 Å². The van der Waals surface area contributed by atoms with Crippen LogP contribution in [0.1, 0.15) is 53.1 Å². The van der Waals surface area contributed by atoms with Gasteiger partial charge in [0.2, 0.25) is 5.78 Å². The Morgan fingerprint density at radius 2 is 1.45 bits per heavy atom. The summed E-state index contributed by atoms with van der Waals surface area (Å²) in [5, 5.41) is 11.5. The maximum Gasteiger partial charge on any atom is 0.339 e. The maximum atomic E-state index is 13.3. The third-order valence-corrected chi connectivity index (χ3v) is 6.95. The fraction of sp³-hybridized carbons (Fsp3) is 0.0345. The lowest BCUT2D eigenvalue weighted by atomic mass is 9.99. The molecule has 4 aromatic rings. The molecule has 0 radical (unpaired) electrons. The van der Waals surface area contributed by atoms with Gasteiger partial charge in [-0.3, -0.25) is 24.5 Å². The molecule has 9 nitrogen and oxygen atoms in total. The van der Waals surface area contributed by atoms with E-state index in [1.54, 1.807) is 30.3 Å². The highest BCUT2D eigenvalue weighted by Crippen LogP contribution is 2.34. The molecule has 40 heavy (non-hydrogen) atoms. The van der Waals surface area contributed by atoms with Gasteiger partial charge in [0.05, 0.1) is 37.3 Å². The molecule has 0 N–H and O–H groups in total. The number of ether oxygens (including phenoxy) is 1. The van der Waals surface area contributed by atoms with Crippen LogP contribution in [0.2, 0.25) is 10.0 Å². The first-order chi connectivity index (χ1) is 19.2. The van der Waals surface area contributed by atoms with E-state index in [0.29, 0.717) is 0 Å². The molecule has 1 atom stereocenters. The number of benzene rings is 4. The van der Waals surface area contributed by atoms with E-state index >= 15 is 0 Å². The van der Waals surface area contributed by atoms with Gasteiger partial charge in [-0.05, 0) is 48.5 Å². The zero-order valence-corrected chi connectivity index (χ0v) is 21.8. The van der Waals surface area contributed by atoms with Gasteiger partial charge in [-0.25, -0.2) is 9.69 Å². The number of halogens is 2. The average molecular weight is 575 g/mol. The second-order valence-electron chi connectivity index (χ2n) is 8.67. The van der Waals surface area contributed by atoms with Crippen molar-refractivity contribution in [2.75, 3.05) is 4.90 Å². The Kier molecular flexibility index (Phi) is 7.17. The minimum atomic E-state index is -1.44. The summed E-state index contributed by atoms with van der Waals surface area (Å²) >= 11 is 12.0. The van der Waals surface area contributed by atoms with Crippen LogP contribution in [0.3, 0.4) is 0 Å². The Hall–Kier alpha value is -4.86. The zero-order chi connectivity index (χ0) is 28.6. The van der Waals surface area contributed by atoms with E-state index in [0.717, 1.165) is 4.90 Å². The van der Waals surface area contributed by atoms with Gasteiger partial charge in [0.1, 0.15) is 0 Å². The van der Waals surface area contributed by atoms with Gasteiger partial charge in [0, 0.05) is 23.3 Å². The lowest BCUT2D eigenvalue weighted by Gasteiger charge is -2.17. The van der Waals surface area contributed by atoms with E-state index in [1.165, 1.54) is 60.7 Å². The molecule has 1 heterocycles. The molecule has 0 aromatic heterocycles. The topological polar surface area (TPSA) is 124 Å². The molecule has 0 fully saturated rings. The SMILES string of the molecule is O=C(O[C@H](C(=O)c1ccccc1)c1ccc([N+](=O)[O-])cc1)c1ccc2c(c1)C(=O)N(c1ccc(Cl)c(Cl)c1)C2=O. The molecule has 11 heteroatoms. The molecule has 198 valence electrons. The zero-order valence-electron chi connectivity index (χ0n) is 20.2. The summed E-state index contributed by atoms with van der Waals surface area (Å²) in [4.78, 5) is 64.1. The van der Waals surface area contributed by atoms with Gasteiger partial charge in [0.15, 0.2) is 6.10 Å². The number of imide groups is 1. The predicted molar refractivity (Wildman–Crippen MR) is 146 cm³/mol. The second-order valence-corrected chi connectivity index (χ2v) is 9.48. The minimum absolute atomic E-state index is 0.0354. The summed E-state index contributed by atoms with van der Waals surface area (Å²) in [6.07, 6.45) is -1.44. The van der Waals surface area contributed by atoms with Crippen molar-refractivity contribution in [3.05, 3.63) is 139 Å². The highest BCUT2D eigenvalue weighted by molar-refractivity contribution is 6.42. The standard InChI is InChI=1S/C29H16Cl2N2O7/c30-23-13-11-20(15-24(23)31)32-27(35)21-12-8-18(14-22(21)28(32)36)29(37)40-26(25(34)16-4-2-1-3-5-16)17-6-9-19(10-7-17)33(38)39/h1-15,26H/t26-/m0/s1. The Morgan fingerprint density at radius 1 is 0.775 bits per heavy atom. The van der Waals surface area contributed by atoms with Crippen molar-refractivity contribution in [3.8, 4) is 0 Å². The molecule has 5 rings (SSSR count). The fourth-order valence-electron chi connectivity index (χ4n) is 4.20. The highest BCUT2D eigenvalue weighted by Gasteiger charge is 2.38. The summed E-state index contributed by atoms with van der Waals surface area (Å²) in [6, 6.07) is 21.3. The summed E-state index contributed by atoms with van der Waals surface area (Å²) in [6.45, 7) is 0. The molecule has 0 unspecified atom stereocenters. The largest absolute Gasteiger partial charge is 0.445 e. The van der Waals surface area contributed by atoms with Crippen LogP contribution >= 0.6 is 23.2 Å². The number of ketones is 1. The smallest absolute Gasteiger partial charge is 0.339 e. The van der Waals surface area contributed by atoms with E-state index in [2.05, 4.69) is 0 Å². The molecular formula is C29H16Cl2N2O7. The van der Waals surface area contributed by atoms with E-state index in [-0.39, 0.29) is 49.2 Å². The first kappa shape index (κ1) is 26.7. The quantitative estimate of drug-likeness (QED) is 0.0812. The number of Topliss-reactive ketones (excluding diaryl/α,β-unsaturated/α-hetero) is 1.